The van der Waals surface area contributed by atoms with Gasteiger partial charge in [-0.1, -0.05) is 23.7 Å². The summed E-state index contributed by atoms with van der Waals surface area (Å²) in [6.45, 7) is 3.79. The summed E-state index contributed by atoms with van der Waals surface area (Å²) in [5.41, 5.74) is 1.14. The number of benzene rings is 1. The number of ether oxygens (including phenoxy) is 2. The minimum absolute atomic E-state index is 0. The van der Waals surface area contributed by atoms with Gasteiger partial charge >= 0.3 is 0 Å². The van der Waals surface area contributed by atoms with Crippen LogP contribution in [0.4, 0.5) is 0 Å². The molecule has 0 spiro atoms. The number of guanidine groups is 1. The molecule has 7 nitrogen and oxygen atoms in total. The van der Waals surface area contributed by atoms with Crippen molar-refractivity contribution in [2.75, 3.05) is 39.9 Å². The van der Waals surface area contributed by atoms with E-state index in [4.69, 9.17) is 21.1 Å². The monoisotopic (exact) mass is 545 g/mol. The van der Waals surface area contributed by atoms with Crippen LogP contribution in [0.3, 0.4) is 0 Å². The maximum Gasteiger partial charge on any atom is 0.193 e. The van der Waals surface area contributed by atoms with E-state index in [2.05, 4.69) is 20.3 Å². The van der Waals surface area contributed by atoms with Crippen LogP contribution >= 0.6 is 35.6 Å². The molecule has 0 bridgehead atoms. The first-order chi connectivity index (χ1) is 14.2. The van der Waals surface area contributed by atoms with E-state index < -0.39 is 0 Å². The van der Waals surface area contributed by atoms with E-state index in [9.17, 15) is 0 Å². The van der Waals surface area contributed by atoms with Crippen LogP contribution < -0.4 is 5.32 Å². The predicted molar refractivity (Wildman–Crippen MR) is 129 cm³/mol. The molecule has 9 heteroatoms. The average Bonchev–Trinajstić information content (AvgIpc) is 3.47. The Bertz CT molecular complexity index is 796. The van der Waals surface area contributed by atoms with Crippen molar-refractivity contribution in [3.8, 4) is 0 Å². The molecule has 0 saturated carbocycles. The Labute approximate surface area is 199 Å². The fourth-order valence-corrected chi connectivity index (χ4v) is 4.15. The van der Waals surface area contributed by atoms with Crippen molar-refractivity contribution in [2.24, 2.45) is 4.99 Å². The van der Waals surface area contributed by atoms with Gasteiger partial charge in [0.1, 0.15) is 6.10 Å². The summed E-state index contributed by atoms with van der Waals surface area (Å²) in [7, 11) is 1.82. The lowest BCUT2D eigenvalue weighted by molar-refractivity contribution is -0.0817. The van der Waals surface area contributed by atoms with Gasteiger partial charge in [0, 0.05) is 50.7 Å². The predicted octanol–water partition coefficient (Wildman–Crippen LogP) is 3.20. The number of hydrogen-bond donors (Lipinski definition) is 1. The standard InChI is InChI=1S/C21H28ClN5O2.HI/c1-23-21(26-11-13-29-20(15-26)19-4-2-12-28-19)24-14-18(27-10-3-9-25-27)16-5-7-17(22)8-6-16;/h3,5-10,18-20H,2,4,11-15H2,1H3,(H,23,24);1H. The summed E-state index contributed by atoms with van der Waals surface area (Å²) >= 11 is 6.07. The van der Waals surface area contributed by atoms with Gasteiger partial charge in [-0.25, -0.2) is 0 Å². The number of morpholine rings is 1. The molecule has 2 saturated heterocycles. The summed E-state index contributed by atoms with van der Waals surface area (Å²) in [4.78, 5) is 6.78. The quantitative estimate of drug-likeness (QED) is 0.355. The highest BCUT2D eigenvalue weighted by Crippen LogP contribution is 2.22. The zero-order chi connectivity index (χ0) is 20.1. The molecule has 2 aliphatic rings. The van der Waals surface area contributed by atoms with Gasteiger partial charge in [0.15, 0.2) is 5.96 Å². The molecule has 0 aliphatic carbocycles. The van der Waals surface area contributed by atoms with Gasteiger partial charge in [-0.2, -0.15) is 5.10 Å². The Morgan fingerprint density at radius 3 is 2.73 bits per heavy atom. The van der Waals surface area contributed by atoms with E-state index in [1.165, 1.54) is 0 Å². The summed E-state index contributed by atoms with van der Waals surface area (Å²) in [5, 5.41) is 8.71. The molecule has 1 aromatic heterocycles. The van der Waals surface area contributed by atoms with Gasteiger partial charge < -0.3 is 19.7 Å². The lowest BCUT2D eigenvalue weighted by Crippen LogP contribution is -2.53. The molecule has 2 aromatic rings. The van der Waals surface area contributed by atoms with E-state index in [0.29, 0.717) is 13.2 Å². The summed E-state index contributed by atoms with van der Waals surface area (Å²) in [5.74, 6) is 0.877. The van der Waals surface area contributed by atoms with Gasteiger partial charge in [0.2, 0.25) is 0 Å². The summed E-state index contributed by atoms with van der Waals surface area (Å²) in [6.07, 6.45) is 6.26. The number of nitrogens with zero attached hydrogens (tertiary/aromatic N) is 4. The third-order valence-corrected chi connectivity index (χ3v) is 5.79. The molecular weight excluding hydrogens is 517 g/mol. The molecular formula is C21H29ClIN5O2. The Balaban J connectivity index is 0.00000256. The molecule has 3 unspecified atom stereocenters. The number of rotatable bonds is 5. The highest BCUT2D eigenvalue weighted by atomic mass is 127. The fourth-order valence-electron chi connectivity index (χ4n) is 4.02. The fraction of sp³-hybridized carbons (Fsp3) is 0.524. The third-order valence-electron chi connectivity index (χ3n) is 5.54. The zero-order valence-corrected chi connectivity index (χ0v) is 20.2. The number of aromatic nitrogens is 2. The normalized spacial score (nSPS) is 23.1. The number of halogens is 2. The molecule has 3 atom stereocenters. The maximum absolute atomic E-state index is 6.07. The molecule has 3 heterocycles. The van der Waals surface area contributed by atoms with Crippen LogP contribution in [-0.2, 0) is 9.47 Å². The summed E-state index contributed by atoms with van der Waals surface area (Å²) in [6, 6.07) is 9.88. The SMILES string of the molecule is CN=C(NCC(c1ccc(Cl)cc1)n1cccn1)N1CCOC(C2CCCO2)C1.I. The Morgan fingerprint density at radius 1 is 1.27 bits per heavy atom. The lowest BCUT2D eigenvalue weighted by atomic mass is 10.1. The van der Waals surface area contributed by atoms with E-state index in [1.54, 1.807) is 6.20 Å². The highest BCUT2D eigenvalue weighted by molar-refractivity contribution is 14.0. The third kappa shape index (κ3) is 5.66. The van der Waals surface area contributed by atoms with Crippen molar-refractivity contribution >= 4 is 41.5 Å². The van der Waals surface area contributed by atoms with Crippen molar-refractivity contribution in [1.29, 1.82) is 0 Å². The molecule has 2 fully saturated rings. The Morgan fingerprint density at radius 2 is 2.07 bits per heavy atom. The molecule has 2 aliphatic heterocycles. The topological polar surface area (TPSA) is 63.9 Å². The van der Waals surface area contributed by atoms with Gasteiger partial charge in [-0.3, -0.25) is 9.67 Å². The largest absolute Gasteiger partial charge is 0.375 e. The first-order valence-electron chi connectivity index (χ1n) is 10.2. The minimum atomic E-state index is 0. The van der Waals surface area contributed by atoms with Gasteiger partial charge in [0.25, 0.3) is 0 Å². The van der Waals surface area contributed by atoms with Crippen LogP contribution in [0.15, 0.2) is 47.7 Å². The number of hydrogen-bond acceptors (Lipinski definition) is 4. The van der Waals surface area contributed by atoms with Crippen LogP contribution in [0.5, 0.6) is 0 Å². The van der Waals surface area contributed by atoms with Crippen molar-refractivity contribution < 1.29 is 9.47 Å². The van der Waals surface area contributed by atoms with E-state index >= 15 is 0 Å². The Hall–Kier alpha value is -1.36. The lowest BCUT2D eigenvalue weighted by Gasteiger charge is -2.37. The van der Waals surface area contributed by atoms with Gasteiger partial charge in [-0.05, 0) is 36.6 Å². The first-order valence-corrected chi connectivity index (χ1v) is 10.6. The van der Waals surface area contributed by atoms with E-state index in [0.717, 1.165) is 49.1 Å². The highest BCUT2D eigenvalue weighted by Gasteiger charge is 2.32. The maximum atomic E-state index is 6.07. The van der Waals surface area contributed by atoms with Crippen molar-refractivity contribution in [2.45, 2.75) is 31.1 Å². The average molecular weight is 546 g/mol. The Kier molecular flexibility index (Phi) is 8.79. The van der Waals surface area contributed by atoms with Crippen LogP contribution in [0.1, 0.15) is 24.4 Å². The number of nitrogens with one attached hydrogen (secondary N) is 1. The van der Waals surface area contributed by atoms with Gasteiger partial charge in [0.05, 0.1) is 18.8 Å². The molecule has 164 valence electrons. The van der Waals surface area contributed by atoms with E-state index in [1.807, 2.05) is 48.3 Å². The molecule has 30 heavy (non-hydrogen) atoms. The summed E-state index contributed by atoms with van der Waals surface area (Å²) < 4.78 is 13.8. The number of aliphatic imine (C=N–C) groups is 1. The van der Waals surface area contributed by atoms with E-state index in [-0.39, 0.29) is 42.2 Å². The zero-order valence-electron chi connectivity index (χ0n) is 17.1. The van der Waals surface area contributed by atoms with Crippen molar-refractivity contribution in [1.82, 2.24) is 20.0 Å². The first kappa shape index (κ1) is 23.3. The second-order valence-electron chi connectivity index (χ2n) is 7.39. The molecule has 1 N–H and O–H groups in total. The molecule has 4 rings (SSSR count). The van der Waals surface area contributed by atoms with Crippen molar-refractivity contribution in [3.63, 3.8) is 0 Å². The van der Waals surface area contributed by atoms with Gasteiger partial charge in [-0.15, -0.1) is 24.0 Å². The second-order valence-corrected chi connectivity index (χ2v) is 7.82. The molecule has 0 amide bonds. The van der Waals surface area contributed by atoms with Crippen LogP contribution in [0.2, 0.25) is 5.02 Å². The minimum Gasteiger partial charge on any atom is -0.375 e. The van der Waals surface area contributed by atoms with Crippen LogP contribution in [-0.4, -0.2) is 72.7 Å². The van der Waals surface area contributed by atoms with Crippen LogP contribution in [0.25, 0.3) is 0 Å². The molecule has 1 aromatic carbocycles. The second kappa shape index (κ2) is 11.3. The smallest absolute Gasteiger partial charge is 0.193 e. The van der Waals surface area contributed by atoms with Crippen molar-refractivity contribution in [3.05, 3.63) is 53.3 Å². The van der Waals surface area contributed by atoms with Crippen LogP contribution in [0, 0.1) is 0 Å². The molecule has 0 radical (unpaired) electrons.